The summed E-state index contributed by atoms with van der Waals surface area (Å²) in [5, 5.41) is 71.2. The molecule has 8 aromatic carbocycles. The molecule has 464 valence electrons. The summed E-state index contributed by atoms with van der Waals surface area (Å²) in [5.74, 6) is -3.17. The molecular weight excluding hydrogens is 1350 g/mol. The second-order valence-electron chi connectivity index (χ2n) is 16.8. The number of nitrogen functional groups attached to an aromatic ring is 1. The third-order valence-corrected chi connectivity index (χ3v) is 16.4. The van der Waals surface area contributed by atoms with Gasteiger partial charge in [0.05, 0.1) is 34.0 Å². The fourth-order valence-electron chi connectivity index (χ4n) is 7.55. The first-order chi connectivity index (χ1) is 40.5. The van der Waals surface area contributed by atoms with E-state index in [1.807, 2.05) is 0 Å². The Labute approximate surface area is 494 Å². The van der Waals surface area contributed by atoms with Gasteiger partial charge < -0.3 is 26.2 Å². The number of fused-ring (bicyclic) bond motifs is 3. The van der Waals surface area contributed by atoms with Crippen LogP contribution in [0.15, 0.2) is 173 Å². The number of hydrogen-bond donors (Lipinski definition) is 11. The van der Waals surface area contributed by atoms with E-state index < -0.39 is 186 Å². The van der Waals surface area contributed by atoms with Crippen molar-refractivity contribution in [3.8, 4) is 17.2 Å². The van der Waals surface area contributed by atoms with Crippen LogP contribution in [0.3, 0.4) is 0 Å². The summed E-state index contributed by atoms with van der Waals surface area (Å²) in [5.41, 5.74) is -0.131. The first kappa shape index (κ1) is 67.9. The molecule has 0 aliphatic heterocycles. The maximum atomic E-state index is 12.8. The van der Waals surface area contributed by atoms with E-state index >= 15 is 0 Å². The van der Waals surface area contributed by atoms with Crippen LogP contribution >= 0.6 is 0 Å². The molecule has 88 heavy (non-hydrogen) atoms. The van der Waals surface area contributed by atoms with E-state index in [0.29, 0.717) is 12.1 Å². The molecule has 0 aliphatic carbocycles. The van der Waals surface area contributed by atoms with Crippen LogP contribution in [0.4, 0.5) is 51.2 Å². The van der Waals surface area contributed by atoms with Crippen LogP contribution in [0.1, 0.15) is 5.56 Å². The standard InChI is InChI=1S/C43H31N9O22S6.2O3S/c44-37-36-22(13-33(78(66,67)68)38(37)50-46-24-7-5-20-12-34(79(69,70)71)39(42(55)26(20)16-24)51-45-23-2-1-3-25(15-23)75(57,58)59)14-35(80(72,73)74)40(43(36)56)52-49-30-17-27-21(11-32(30)77(63,64)65)6-9-29(41(27)54)48-47-28-8-4-19(18-53)10-31(28)76(60,61)62;2*1-4(2)3/h1-17,53-56H,18,44H2,(H,57,58,59)(H,60,61,62)(H,63,64,65)(H,66,67,68)(H,69,70,71)(H,72,73,74);;. The lowest BCUT2D eigenvalue weighted by atomic mass is 10.0. The highest BCUT2D eigenvalue weighted by atomic mass is 32.2. The molecule has 0 saturated heterocycles. The summed E-state index contributed by atoms with van der Waals surface area (Å²) in [6, 6.07) is 16.1. The summed E-state index contributed by atoms with van der Waals surface area (Å²) >= 11 is 0. The van der Waals surface area contributed by atoms with Gasteiger partial charge in [-0.25, -0.2) is 0 Å². The summed E-state index contributed by atoms with van der Waals surface area (Å²) in [7, 11) is -37.5. The molecule has 37 nitrogen and oxygen atoms in total. The van der Waals surface area contributed by atoms with E-state index in [0.717, 1.165) is 78.9 Å². The second kappa shape index (κ2) is 25.6. The Balaban J connectivity index is 0.00000145. The van der Waals surface area contributed by atoms with E-state index in [4.69, 9.17) is 31.0 Å². The molecule has 0 radical (unpaired) electrons. The van der Waals surface area contributed by atoms with Crippen molar-refractivity contribution in [3.05, 3.63) is 109 Å². The second-order valence-corrected chi connectivity index (χ2v) is 26.0. The number of aliphatic hydroxyl groups excluding tert-OH is 1. The number of aromatic hydroxyl groups is 3. The molecule has 0 amide bonds. The Hall–Kier alpha value is -9.20. The van der Waals surface area contributed by atoms with Crippen molar-refractivity contribution in [2.45, 2.75) is 36.0 Å². The fourth-order valence-corrected chi connectivity index (χ4v) is 11.4. The van der Waals surface area contributed by atoms with Crippen molar-refractivity contribution < 1.29 is 124 Å². The Bertz CT molecular complexity index is 5350. The summed E-state index contributed by atoms with van der Waals surface area (Å²) < 4.78 is 259. The van der Waals surface area contributed by atoms with Crippen LogP contribution < -0.4 is 5.73 Å². The van der Waals surface area contributed by atoms with Crippen LogP contribution in [-0.4, -0.2) is 124 Å². The molecule has 0 spiro atoms. The molecule has 12 N–H and O–H groups in total. The number of nitrogens with two attached hydrogens (primary N) is 1. The van der Waals surface area contributed by atoms with Crippen LogP contribution in [-0.2, 0) is 88.5 Å². The minimum absolute atomic E-state index is 0.0601. The van der Waals surface area contributed by atoms with Crippen molar-refractivity contribution >= 4 is 165 Å². The molecule has 8 rings (SSSR count). The van der Waals surface area contributed by atoms with Gasteiger partial charge in [0, 0.05) is 10.8 Å². The largest absolute Gasteiger partial charge is 0.505 e. The van der Waals surface area contributed by atoms with Crippen molar-refractivity contribution in [3.63, 3.8) is 0 Å². The minimum Gasteiger partial charge on any atom is -0.505 e. The fraction of sp³-hybridized carbons (Fsp3) is 0.0233. The van der Waals surface area contributed by atoms with E-state index in [9.17, 15) is 98.2 Å². The van der Waals surface area contributed by atoms with Gasteiger partial charge in [-0.1, -0.05) is 24.3 Å². The van der Waals surface area contributed by atoms with Crippen LogP contribution in [0.25, 0.3) is 32.3 Å². The van der Waals surface area contributed by atoms with Crippen molar-refractivity contribution in [1.82, 2.24) is 0 Å². The lowest BCUT2D eigenvalue weighted by Crippen LogP contribution is -2.04. The van der Waals surface area contributed by atoms with Gasteiger partial charge in [0.1, 0.15) is 58.6 Å². The number of nitrogens with zero attached hydrogens (tertiary/aromatic N) is 8. The minimum atomic E-state index is -5.58. The maximum Gasteiger partial charge on any atom is 0.425 e. The van der Waals surface area contributed by atoms with Crippen molar-refractivity contribution in [1.29, 1.82) is 0 Å². The smallest absolute Gasteiger partial charge is 0.425 e. The third kappa shape index (κ3) is 16.1. The first-order valence-corrected chi connectivity index (χ1v) is 32.8. The highest BCUT2D eigenvalue weighted by Gasteiger charge is 2.30. The Morgan fingerprint density at radius 3 is 1.31 bits per heavy atom. The van der Waals surface area contributed by atoms with Gasteiger partial charge in [-0.3, -0.25) is 27.3 Å². The lowest BCUT2D eigenvalue weighted by molar-refractivity contribution is 0.281. The molecule has 0 atom stereocenters. The molecule has 0 fully saturated rings. The van der Waals surface area contributed by atoms with Crippen molar-refractivity contribution in [2.75, 3.05) is 5.73 Å². The molecule has 8 aromatic rings. The number of hydrogen-bond acceptors (Lipinski definition) is 31. The SMILES string of the molecule is Nc1c(N=Nc2ccc3cc(S(=O)(=O)O)c(N=Nc4cccc(S(=O)(=O)O)c4)c(O)c3c2)c(S(=O)(=O)O)cc2cc(S(=O)(=O)O)c(N=Nc3cc4c(O)c(N=Nc5ccc(CO)cc5S(=O)(=O)O)ccc4cc3S(=O)(=O)O)c(O)c12.O=S(=O)=O.O=S(=O)=O. The zero-order chi connectivity index (χ0) is 66.0. The highest BCUT2D eigenvalue weighted by Crippen LogP contribution is 2.50. The Morgan fingerprint density at radius 1 is 0.375 bits per heavy atom. The van der Waals surface area contributed by atoms with Gasteiger partial charge in [-0.05, 0) is 101 Å². The number of benzene rings is 8. The van der Waals surface area contributed by atoms with Crippen LogP contribution in [0, 0.1) is 0 Å². The zero-order valence-electron chi connectivity index (χ0n) is 42.3. The molecule has 45 heteroatoms. The van der Waals surface area contributed by atoms with Crippen LogP contribution in [0.2, 0.25) is 0 Å². The number of rotatable bonds is 15. The monoisotopic (exact) mass is 1380 g/mol. The van der Waals surface area contributed by atoms with Gasteiger partial charge in [-0.2, -0.15) is 60.7 Å². The van der Waals surface area contributed by atoms with Gasteiger partial charge in [0.15, 0.2) is 17.2 Å². The van der Waals surface area contributed by atoms with Gasteiger partial charge in [0.25, 0.3) is 60.7 Å². The van der Waals surface area contributed by atoms with Gasteiger partial charge in [0.2, 0.25) is 0 Å². The lowest BCUT2D eigenvalue weighted by Gasteiger charge is -2.14. The number of phenols is 3. The Morgan fingerprint density at radius 2 is 0.784 bits per heavy atom. The quantitative estimate of drug-likeness (QED) is 0.0297. The number of azo groups is 4. The molecule has 0 aliphatic rings. The molecular formula is C43H31N9O28S8. The predicted molar refractivity (Wildman–Crippen MR) is 295 cm³/mol. The van der Waals surface area contributed by atoms with E-state index in [-0.39, 0.29) is 38.5 Å². The molecule has 0 unspecified atom stereocenters. The van der Waals surface area contributed by atoms with Crippen LogP contribution in [0.5, 0.6) is 17.2 Å². The highest BCUT2D eigenvalue weighted by molar-refractivity contribution is 7.87. The normalized spacial score (nSPS) is 12.7. The van der Waals surface area contributed by atoms with E-state index in [2.05, 4.69) is 40.9 Å². The zero-order valence-corrected chi connectivity index (χ0v) is 48.8. The maximum absolute atomic E-state index is 12.8. The average molecular weight is 1380 g/mol. The van der Waals surface area contributed by atoms with E-state index in [1.54, 1.807) is 0 Å². The topological polar surface area (TPSA) is 634 Å². The Kier molecular flexibility index (Phi) is 19.8. The number of phenolic OH excluding ortho intramolecular Hbond substituents is 3. The molecule has 0 heterocycles. The average Bonchev–Trinajstić information content (AvgIpc) is 1.22. The van der Waals surface area contributed by atoms with E-state index in [1.165, 1.54) is 12.1 Å². The van der Waals surface area contributed by atoms with Crippen molar-refractivity contribution in [2.24, 2.45) is 40.9 Å². The van der Waals surface area contributed by atoms with Gasteiger partial charge in [-0.15, -0.1) is 55.9 Å². The first-order valence-electron chi connectivity index (χ1n) is 22.1. The van der Waals surface area contributed by atoms with Gasteiger partial charge >= 0.3 is 21.2 Å². The molecule has 0 bridgehead atoms. The predicted octanol–water partition coefficient (Wildman–Crippen LogP) is 6.47. The number of aliphatic hydroxyl groups is 1. The summed E-state index contributed by atoms with van der Waals surface area (Å²) in [6.45, 7) is -0.625. The molecule has 0 aromatic heterocycles. The third-order valence-electron chi connectivity index (χ3n) is 11.2. The molecule has 0 saturated carbocycles. The number of anilines is 1. The summed E-state index contributed by atoms with van der Waals surface area (Å²) in [6.07, 6.45) is 0. The summed E-state index contributed by atoms with van der Waals surface area (Å²) in [4.78, 5) is -6.07.